The predicted molar refractivity (Wildman–Crippen MR) is 82.5 cm³/mol. The molecule has 0 radical (unpaired) electrons. The number of nitro groups is 1. The minimum atomic E-state index is -0.365. The summed E-state index contributed by atoms with van der Waals surface area (Å²) in [7, 11) is 0. The lowest BCUT2D eigenvalue weighted by atomic mass is 10.1. The summed E-state index contributed by atoms with van der Waals surface area (Å²) in [5, 5.41) is 19.3. The van der Waals surface area contributed by atoms with E-state index in [1.807, 2.05) is 6.07 Å². The summed E-state index contributed by atoms with van der Waals surface area (Å²) in [6, 6.07) is 5.73. The molecule has 1 aliphatic heterocycles. The van der Waals surface area contributed by atoms with E-state index in [2.05, 4.69) is 15.6 Å². The Labute approximate surface area is 122 Å². The average molecular weight is 286 g/mol. The Morgan fingerprint density at radius 3 is 3.05 bits per heavy atom. The summed E-state index contributed by atoms with van der Waals surface area (Å²) < 4.78 is 0. The van der Waals surface area contributed by atoms with E-state index in [1.54, 1.807) is 24.5 Å². The molecule has 6 nitrogen and oxygen atoms in total. The third-order valence-electron chi connectivity index (χ3n) is 3.96. The van der Waals surface area contributed by atoms with Crippen molar-refractivity contribution < 1.29 is 4.92 Å². The summed E-state index contributed by atoms with van der Waals surface area (Å²) in [5.74, 6) is 0. The van der Waals surface area contributed by atoms with Gasteiger partial charge < -0.3 is 10.6 Å². The molecule has 21 heavy (non-hydrogen) atoms. The number of hydrogen-bond acceptors (Lipinski definition) is 5. The van der Waals surface area contributed by atoms with Crippen molar-refractivity contribution in [2.45, 2.75) is 25.3 Å². The van der Waals surface area contributed by atoms with Crippen molar-refractivity contribution in [3.63, 3.8) is 0 Å². The van der Waals surface area contributed by atoms with Crippen LogP contribution in [0.15, 0.2) is 30.6 Å². The molecular weight excluding hydrogens is 268 g/mol. The van der Waals surface area contributed by atoms with Crippen LogP contribution in [0.25, 0.3) is 10.8 Å². The molecule has 1 saturated heterocycles. The molecule has 0 saturated carbocycles. The Kier molecular flexibility index (Phi) is 3.96. The molecule has 3 rings (SSSR count). The van der Waals surface area contributed by atoms with Crippen LogP contribution < -0.4 is 10.6 Å². The van der Waals surface area contributed by atoms with Gasteiger partial charge in [-0.1, -0.05) is 0 Å². The molecule has 0 bridgehead atoms. The molecule has 1 atom stereocenters. The van der Waals surface area contributed by atoms with E-state index in [0.717, 1.165) is 30.6 Å². The third-order valence-corrected chi connectivity index (χ3v) is 3.96. The molecule has 0 spiro atoms. The molecular formula is C15H18N4O2. The first-order valence-corrected chi connectivity index (χ1v) is 7.24. The van der Waals surface area contributed by atoms with Crippen molar-refractivity contribution in [3.8, 4) is 0 Å². The Hall–Kier alpha value is -2.21. The standard InChI is InChI=1S/C15H18N4O2/c20-19(21)15-4-3-14(12-6-8-16-10-13(12)15)18-9-5-11-2-1-7-17-11/h3-4,6,8,10-11,17-18H,1-2,5,7,9H2/t11-/m0/s1. The highest BCUT2D eigenvalue weighted by Crippen LogP contribution is 2.30. The van der Waals surface area contributed by atoms with Crippen LogP contribution in [0.2, 0.25) is 0 Å². The van der Waals surface area contributed by atoms with Gasteiger partial charge in [0.1, 0.15) is 0 Å². The number of nitro benzene ring substituents is 1. The average Bonchev–Trinajstić information content (AvgIpc) is 3.00. The van der Waals surface area contributed by atoms with Crippen LogP contribution in [0.1, 0.15) is 19.3 Å². The topological polar surface area (TPSA) is 80.1 Å². The van der Waals surface area contributed by atoms with E-state index in [4.69, 9.17) is 0 Å². The second-order valence-corrected chi connectivity index (χ2v) is 5.32. The lowest BCUT2D eigenvalue weighted by Crippen LogP contribution is -2.24. The van der Waals surface area contributed by atoms with Gasteiger partial charge >= 0.3 is 0 Å². The minimum Gasteiger partial charge on any atom is -0.384 e. The first-order chi connectivity index (χ1) is 10.3. The van der Waals surface area contributed by atoms with Crippen molar-refractivity contribution in [2.24, 2.45) is 0 Å². The van der Waals surface area contributed by atoms with Crippen LogP contribution in [0.3, 0.4) is 0 Å². The fraction of sp³-hybridized carbons (Fsp3) is 0.400. The highest BCUT2D eigenvalue weighted by Gasteiger charge is 2.15. The van der Waals surface area contributed by atoms with Crippen LogP contribution >= 0.6 is 0 Å². The quantitative estimate of drug-likeness (QED) is 0.652. The van der Waals surface area contributed by atoms with E-state index in [1.165, 1.54) is 12.8 Å². The zero-order valence-corrected chi connectivity index (χ0v) is 11.7. The SMILES string of the molecule is O=[N+]([O-])c1ccc(NCC[C@@H]2CCCN2)c2ccncc12. The number of non-ortho nitro benzene ring substituents is 1. The van der Waals surface area contributed by atoms with Crippen molar-refractivity contribution in [2.75, 3.05) is 18.4 Å². The van der Waals surface area contributed by atoms with Gasteiger partial charge in [-0.15, -0.1) is 0 Å². The lowest BCUT2D eigenvalue weighted by Gasteiger charge is -2.13. The van der Waals surface area contributed by atoms with Crippen LogP contribution in [0, 0.1) is 10.1 Å². The van der Waals surface area contributed by atoms with Gasteiger partial charge in [-0.2, -0.15) is 0 Å². The first-order valence-electron chi connectivity index (χ1n) is 7.24. The molecule has 110 valence electrons. The molecule has 0 unspecified atom stereocenters. The fourth-order valence-corrected chi connectivity index (χ4v) is 2.87. The lowest BCUT2D eigenvalue weighted by molar-refractivity contribution is -0.383. The number of aromatic nitrogens is 1. The number of nitrogens with zero attached hydrogens (tertiary/aromatic N) is 2. The highest BCUT2D eigenvalue weighted by molar-refractivity contribution is 5.99. The van der Waals surface area contributed by atoms with Crippen LogP contribution in [-0.4, -0.2) is 29.0 Å². The largest absolute Gasteiger partial charge is 0.384 e. The number of benzene rings is 1. The Balaban J connectivity index is 1.79. The maximum Gasteiger partial charge on any atom is 0.278 e. The second-order valence-electron chi connectivity index (χ2n) is 5.32. The molecule has 1 aromatic carbocycles. The highest BCUT2D eigenvalue weighted by atomic mass is 16.6. The Bertz CT molecular complexity index is 653. The van der Waals surface area contributed by atoms with Crippen molar-refractivity contribution in [1.29, 1.82) is 0 Å². The van der Waals surface area contributed by atoms with Gasteiger partial charge in [0.05, 0.1) is 10.3 Å². The van der Waals surface area contributed by atoms with Gasteiger partial charge in [0.25, 0.3) is 5.69 Å². The summed E-state index contributed by atoms with van der Waals surface area (Å²) in [6.07, 6.45) is 6.75. The van der Waals surface area contributed by atoms with Gasteiger partial charge in [-0.25, -0.2) is 0 Å². The molecule has 0 aliphatic carbocycles. The second kappa shape index (κ2) is 6.05. The maximum absolute atomic E-state index is 11.1. The van der Waals surface area contributed by atoms with E-state index >= 15 is 0 Å². The Morgan fingerprint density at radius 1 is 1.38 bits per heavy atom. The number of hydrogen-bond donors (Lipinski definition) is 2. The normalized spacial score (nSPS) is 18.0. The van der Waals surface area contributed by atoms with Gasteiger partial charge in [-0.05, 0) is 37.9 Å². The summed E-state index contributed by atoms with van der Waals surface area (Å²) in [6.45, 7) is 1.96. The number of pyridine rings is 1. The van der Waals surface area contributed by atoms with Gasteiger partial charge in [0.2, 0.25) is 0 Å². The monoisotopic (exact) mass is 286 g/mol. The van der Waals surface area contributed by atoms with Crippen molar-refractivity contribution >= 4 is 22.1 Å². The van der Waals surface area contributed by atoms with Crippen LogP contribution in [0.5, 0.6) is 0 Å². The summed E-state index contributed by atoms with van der Waals surface area (Å²) in [5.41, 5.74) is 1.03. The molecule has 1 fully saturated rings. The number of fused-ring (bicyclic) bond motifs is 1. The molecule has 1 aromatic heterocycles. The van der Waals surface area contributed by atoms with Crippen LogP contribution in [-0.2, 0) is 0 Å². The van der Waals surface area contributed by atoms with Crippen molar-refractivity contribution in [1.82, 2.24) is 10.3 Å². The smallest absolute Gasteiger partial charge is 0.278 e. The molecule has 2 heterocycles. The molecule has 0 amide bonds. The fourth-order valence-electron chi connectivity index (χ4n) is 2.87. The minimum absolute atomic E-state index is 0.0982. The summed E-state index contributed by atoms with van der Waals surface area (Å²) in [4.78, 5) is 14.7. The first kappa shape index (κ1) is 13.8. The van der Waals surface area contributed by atoms with E-state index in [0.29, 0.717) is 11.4 Å². The third kappa shape index (κ3) is 2.95. The van der Waals surface area contributed by atoms with E-state index in [-0.39, 0.29) is 10.6 Å². The zero-order chi connectivity index (χ0) is 14.7. The van der Waals surface area contributed by atoms with Crippen molar-refractivity contribution in [3.05, 3.63) is 40.7 Å². The van der Waals surface area contributed by atoms with Gasteiger partial charge in [0.15, 0.2) is 0 Å². The summed E-state index contributed by atoms with van der Waals surface area (Å²) >= 11 is 0. The van der Waals surface area contributed by atoms with Gasteiger partial charge in [-0.3, -0.25) is 15.1 Å². The number of nitrogens with one attached hydrogen (secondary N) is 2. The molecule has 6 heteroatoms. The molecule has 2 aromatic rings. The van der Waals surface area contributed by atoms with Gasteiger partial charge in [0, 0.05) is 42.1 Å². The predicted octanol–water partition coefficient (Wildman–Crippen LogP) is 2.70. The molecule has 2 N–H and O–H groups in total. The molecule has 1 aliphatic rings. The zero-order valence-electron chi connectivity index (χ0n) is 11.7. The number of anilines is 1. The van der Waals surface area contributed by atoms with E-state index in [9.17, 15) is 10.1 Å². The van der Waals surface area contributed by atoms with E-state index < -0.39 is 0 Å². The Morgan fingerprint density at radius 2 is 2.29 bits per heavy atom. The van der Waals surface area contributed by atoms with Crippen LogP contribution in [0.4, 0.5) is 11.4 Å². The maximum atomic E-state index is 11.1. The number of rotatable bonds is 5.